The van der Waals surface area contributed by atoms with Gasteiger partial charge in [0.15, 0.2) is 0 Å². The highest BCUT2D eigenvalue weighted by atomic mass is 79.9. The molecule has 5 heteroatoms. The average Bonchev–Trinajstić information content (AvgIpc) is 2.53. The lowest BCUT2D eigenvalue weighted by Crippen LogP contribution is -2.20. The second-order valence-electron chi connectivity index (χ2n) is 5.42. The molecule has 0 saturated heterocycles. The van der Waals surface area contributed by atoms with Crippen LogP contribution in [0.5, 0.6) is 5.75 Å². The summed E-state index contributed by atoms with van der Waals surface area (Å²) >= 11 is 3.41. The summed E-state index contributed by atoms with van der Waals surface area (Å²) in [7, 11) is 3.97. The van der Waals surface area contributed by atoms with Crippen LogP contribution in [0, 0.1) is 0 Å². The van der Waals surface area contributed by atoms with Gasteiger partial charge in [0.05, 0.1) is 0 Å². The fourth-order valence-corrected chi connectivity index (χ4v) is 2.34. The van der Waals surface area contributed by atoms with Crippen molar-refractivity contribution in [1.82, 2.24) is 4.90 Å². The molecule has 2 aromatic carbocycles. The van der Waals surface area contributed by atoms with Crippen LogP contribution in [0.4, 0.5) is 4.79 Å². The number of para-hydroxylation sites is 1. The first-order valence-corrected chi connectivity index (χ1v) is 8.17. The second-order valence-corrected chi connectivity index (χ2v) is 6.33. The van der Waals surface area contributed by atoms with Crippen LogP contribution in [0.3, 0.4) is 0 Å². The Bertz CT molecular complexity index is 614. The Kier molecular flexibility index (Phi) is 6.62. The third-order valence-electron chi connectivity index (χ3n) is 3.26. The minimum absolute atomic E-state index is 0.346. The van der Waals surface area contributed by atoms with Gasteiger partial charge in [-0.3, -0.25) is 0 Å². The number of nitrogens with zero attached hydrogens (tertiary/aromatic N) is 1. The molecule has 4 nitrogen and oxygen atoms in total. The second kappa shape index (κ2) is 8.70. The highest BCUT2D eigenvalue weighted by Crippen LogP contribution is 2.24. The van der Waals surface area contributed by atoms with Gasteiger partial charge in [-0.15, -0.1) is 0 Å². The monoisotopic (exact) mass is 377 g/mol. The number of carbonyl (C=O) groups excluding carboxylic acids is 1. The Labute approximate surface area is 145 Å². The Hall–Kier alpha value is -1.85. The van der Waals surface area contributed by atoms with E-state index in [1.54, 1.807) is 24.3 Å². The van der Waals surface area contributed by atoms with Gasteiger partial charge in [-0.25, -0.2) is 4.79 Å². The molecule has 0 saturated carbocycles. The van der Waals surface area contributed by atoms with E-state index >= 15 is 0 Å². The van der Waals surface area contributed by atoms with Gasteiger partial charge in [-0.1, -0.05) is 46.3 Å². The summed E-state index contributed by atoms with van der Waals surface area (Å²) < 4.78 is 11.7. The minimum Gasteiger partial charge on any atom is -0.426 e. The summed E-state index contributed by atoms with van der Waals surface area (Å²) in [6, 6.07) is 16.7. The van der Waals surface area contributed by atoms with E-state index in [1.807, 2.05) is 44.4 Å². The molecule has 0 spiro atoms. The topological polar surface area (TPSA) is 38.8 Å². The highest BCUT2D eigenvalue weighted by Gasteiger charge is 2.18. The van der Waals surface area contributed by atoms with Crippen LogP contribution < -0.4 is 4.74 Å². The first-order chi connectivity index (χ1) is 11.0. The molecular weight excluding hydrogens is 358 g/mol. The molecule has 0 bridgehead atoms. The molecule has 122 valence electrons. The maximum Gasteiger partial charge on any atom is 0.514 e. The van der Waals surface area contributed by atoms with E-state index in [1.165, 1.54) is 0 Å². The van der Waals surface area contributed by atoms with E-state index in [0.717, 1.165) is 16.6 Å². The molecule has 0 aliphatic rings. The smallest absolute Gasteiger partial charge is 0.426 e. The Morgan fingerprint density at radius 2 is 1.74 bits per heavy atom. The van der Waals surface area contributed by atoms with Gasteiger partial charge in [0.2, 0.25) is 0 Å². The molecule has 23 heavy (non-hydrogen) atoms. The normalized spacial score (nSPS) is 12.0. The van der Waals surface area contributed by atoms with E-state index in [4.69, 9.17) is 9.47 Å². The van der Waals surface area contributed by atoms with Gasteiger partial charge in [0.1, 0.15) is 11.9 Å². The fraction of sp³-hybridized carbons (Fsp3) is 0.278. The summed E-state index contributed by atoms with van der Waals surface area (Å²) in [5.74, 6) is 0.472. The summed E-state index contributed by atoms with van der Waals surface area (Å²) in [5.41, 5.74) is 0.945. The Morgan fingerprint density at radius 1 is 1.09 bits per heavy atom. The predicted molar refractivity (Wildman–Crippen MR) is 93.6 cm³/mol. The number of rotatable bonds is 6. The number of hydrogen-bond acceptors (Lipinski definition) is 4. The van der Waals surface area contributed by atoms with Crippen molar-refractivity contribution in [3.8, 4) is 5.75 Å². The van der Waals surface area contributed by atoms with E-state index < -0.39 is 6.16 Å². The van der Waals surface area contributed by atoms with Gasteiger partial charge in [-0.2, -0.15) is 0 Å². The van der Waals surface area contributed by atoms with Crippen LogP contribution in [0.1, 0.15) is 18.1 Å². The lowest BCUT2D eigenvalue weighted by molar-refractivity contribution is 0.0509. The molecule has 1 unspecified atom stereocenters. The zero-order valence-electron chi connectivity index (χ0n) is 13.2. The molecule has 2 aromatic rings. The quantitative estimate of drug-likeness (QED) is 0.542. The van der Waals surface area contributed by atoms with Crippen LogP contribution in [0.15, 0.2) is 59.1 Å². The van der Waals surface area contributed by atoms with Crippen molar-refractivity contribution in [3.05, 3.63) is 64.6 Å². The minimum atomic E-state index is -0.692. The predicted octanol–water partition coefficient (Wildman–Crippen LogP) is 4.66. The van der Waals surface area contributed by atoms with E-state index in [-0.39, 0.29) is 6.10 Å². The maximum atomic E-state index is 12.0. The summed E-state index contributed by atoms with van der Waals surface area (Å²) in [5, 5.41) is 0. The van der Waals surface area contributed by atoms with Crippen molar-refractivity contribution < 1.29 is 14.3 Å². The number of carbonyl (C=O) groups is 1. The first-order valence-electron chi connectivity index (χ1n) is 7.38. The van der Waals surface area contributed by atoms with Gasteiger partial charge in [0.25, 0.3) is 0 Å². The lowest BCUT2D eigenvalue weighted by Gasteiger charge is -2.20. The SMILES string of the molecule is CN(C)CCC(OC(=O)Oc1ccccc1)c1ccc(Br)cc1. The standard InChI is InChI=1S/C18H20BrNO3/c1-20(2)13-12-17(14-8-10-15(19)11-9-14)23-18(21)22-16-6-4-3-5-7-16/h3-11,17H,12-13H2,1-2H3. The van der Waals surface area contributed by atoms with Crippen LogP contribution in [0.2, 0.25) is 0 Å². The molecular formula is C18H20BrNO3. The number of halogens is 1. The highest BCUT2D eigenvalue weighted by molar-refractivity contribution is 9.10. The number of ether oxygens (including phenoxy) is 2. The zero-order valence-corrected chi connectivity index (χ0v) is 14.8. The van der Waals surface area contributed by atoms with Crippen LogP contribution in [-0.4, -0.2) is 31.7 Å². The lowest BCUT2D eigenvalue weighted by atomic mass is 10.1. The number of hydrogen-bond donors (Lipinski definition) is 0. The molecule has 0 amide bonds. The molecule has 2 rings (SSSR count). The summed E-state index contributed by atoms with van der Waals surface area (Å²) in [6.07, 6.45) is -0.344. The molecule has 0 N–H and O–H groups in total. The molecule has 0 aromatic heterocycles. The van der Waals surface area contributed by atoms with E-state index in [9.17, 15) is 4.79 Å². The molecule has 0 radical (unpaired) electrons. The first kappa shape index (κ1) is 17.5. The molecule has 0 aliphatic carbocycles. The number of benzene rings is 2. The van der Waals surface area contributed by atoms with Crippen molar-refractivity contribution in [2.24, 2.45) is 0 Å². The molecule has 0 heterocycles. The third kappa shape index (κ3) is 6.04. The third-order valence-corrected chi connectivity index (χ3v) is 3.79. The Balaban J connectivity index is 2.04. The van der Waals surface area contributed by atoms with Crippen LogP contribution in [-0.2, 0) is 4.74 Å². The van der Waals surface area contributed by atoms with Gasteiger partial charge in [0, 0.05) is 17.4 Å². The van der Waals surface area contributed by atoms with Crippen molar-refractivity contribution in [2.75, 3.05) is 20.6 Å². The van der Waals surface area contributed by atoms with Gasteiger partial charge < -0.3 is 14.4 Å². The maximum absolute atomic E-state index is 12.0. The summed E-state index contributed by atoms with van der Waals surface area (Å²) in [6.45, 7) is 0.805. The van der Waals surface area contributed by atoms with Crippen LogP contribution >= 0.6 is 15.9 Å². The Morgan fingerprint density at radius 3 is 2.35 bits per heavy atom. The van der Waals surface area contributed by atoms with Crippen molar-refractivity contribution in [3.63, 3.8) is 0 Å². The largest absolute Gasteiger partial charge is 0.514 e. The molecule has 0 aliphatic heterocycles. The van der Waals surface area contributed by atoms with E-state index in [0.29, 0.717) is 12.2 Å². The van der Waals surface area contributed by atoms with Crippen molar-refractivity contribution in [2.45, 2.75) is 12.5 Å². The van der Waals surface area contributed by atoms with E-state index in [2.05, 4.69) is 20.8 Å². The van der Waals surface area contributed by atoms with Gasteiger partial charge >= 0.3 is 6.16 Å². The molecule has 0 fully saturated rings. The van der Waals surface area contributed by atoms with Crippen molar-refractivity contribution in [1.29, 1.82) is 0 Å². The van der Waals surface area contributed by atoms with Gasteiger partial charge in [-0.05, 0) is 43.9 Å². The van der Waals surface area contributed by atoms with Crippen molar-refractivity contribution >= 4 is 22.1 Å². The van der Waals surface area contributed by atoms with Crippen LogP contribution in [0.25, 0.3) is 0 Å². The molecule has 1 atom stereocenters. The summed E-state index contributed by atoms with van der Waals surface area (Å²) in [4.78, 5) is 14.1. The fourth-order valence-electron chi connectivity index (χ4n) is 2.07. The zero-order chi connectivity index (χ0) is 16.7. The average molecular weight is 378 g/mol.